The third-order valence-electron chi connectivity index (χ3n) is 2.91. The zero-order chi connectivity index (χ0) is 14.4. The predicted octanol–water partition coefficient (Wildman–Crippen LogP) is 4.47. The van der Waals surface area contributed by atoms with Crippen molar-refractivity contribution in [3.63, 3.8) is 0 Å². The van der Waals surface area contributed by atoms with Gasteiger partial charge in [-0.15, -0.1) is 0 Å². The minimum Gasteiger partial charge on any atom is -0.221 e. The van der Waals surface area contributed by atoms with Gasteiger partial charge in [-0.25, -0.2) is 4.68 Å². The van der Waals surface area contributed by atoms with Crippen LogP contribution in [0.25, 0.3) is 5.69 Å². The van der Waals surface area contributed by atoms with Crippen molar-refractivity contribution in [1.82, 2.24) is 9.78 Å². The van der Waals surface area contributed by atoms with Gasteiger partial charge in [-0.05, 0) is 38.0 Å². The molecule has 1 aromatic carbocycles. The molecule has 2 nitrogen and oxygen atoms in total. The maximum absolute atomic E-state index is 12.8. The highest BCUT2D eigenvalue weighted by Crippen LogP contribution is 2.35. The summed E-state index contributed by atoms with van der Waals surface area (Å²) in [4.78, 5) is 0. The molecule has 1 aromatic heterocycles. The number of aromatic nitrogens is 2. The van der Waals surface area contributed by atoms with E-state index in [0.717, 1.165) is 15.8 Å². The van der Waals surface area contributed by atoms with Crippen LogP contribution in [0.3, 0.4) is 0 Å². The summed E-state index contributed by atoms with van der Waals surface area (Å²) >= 11 is 5.98. The Morgan fingerprint density at radius 3 is 2.32 bits per heavy atom. The summed E-state index contributed by atoms with van der Waals surface area (Å²) < 4.78 is 39.6. The SMILES string of the molecule is Cc1ccc(C)c(-n2nc(C(F)(F)F)c(C)c2Cl)c1. The monoisotopic (exact) mass is 288 g/mol. The Morgan fingerprint density at radius 1 is 1.16 bits per heavy atom. The lowest BCUT2D eigenvalue weighted by Crippen LogP contribution is -2.09. The molecule has 1 heterocycles. The van der Waals surface area contributed by atoms with Crippen LogP contribution in [0.4, 0.5) is 13.2 Å². The summed E-state index contributed by atoms with van der Waals surface area (Å²) in [6.07, 6.45) is -4.50. The molecule has 0 aliphatic rings. The van der Waals surface area contributed by atoms with E-state index in [1.165, 1.54) is 6.92 Å². The van der Waals surface area contributed by atoms with Gasteiger partial charge in [0.25, 0.3) is 0 Å². The number of alkyl halides is 3. The van der Waals surface area contributed by atoms with Crippen molar-refractivity contribution < 1.29 is 13.2 Å². The third-order valence-corrected chi connectivity index (χ3v) is 3.36. The van der Waals surface area contributed by atoms with Gasteiger partial charge in [0.1, 0.15) is 5.15 Å². The van der Waals surface area contributed by atoms with E-state index in [-0.39, 0.29) is 10.7 Å². The fraction of sp³-hybridized carbons (Fsp3) is 0.308. The molecule has 0 spiro atoms. The van der Waals surface area contributed by atoms with Crippen LogP contribution in [0.1, 0.15) is 22.4 Å². The highest BCUT2D eigenvalue weighted by atomic mass is 35.5. The molecule has 0 radical (unpaired) electrons. The number of hydrogen-bond acceptors (Lipinski definition) is 1. The zero-order valence-corrected chi connectivity index (χ0v) is 11.4. The smallest absolute Gasteiger partial charge is 0.221 e. The molecule has 0 saturated heterocycles. The van der Waals surface area contributed by atoms with Crippen molar-refractivity contribution in [2.75, 3.05) is 0 Å². The molecule has 0 atom stereocenters. The van der Waals surface area contributed by atoms with Crippen molar-refractivity contribution in [1.29, 1.82) is 0 Å². The summed E-state index contributed by atoms with van der Waals surface area (Å²) in [7, 11) is 0. The van der Waals surface area contributed by atoms with E-state index in [0.29, 0.717) is 5.69 Å². The largest absolute Gasteiger partial charge is 0.435 e. The van der Waals surface area contributed by atoms with Crippen LogP contribution in [-0.2, 0) is 6.18 Å². The normalized spacial score (nSPS) is 11.9. The van der Waals surface area contributed by atoms with E-state index in [1.807, 2.05) is 19.1 Å². The maximum Gasteiger partial charge on any atom is 0.435 e. The number of benzene rings is 1. The quantitative estimate of drug-likeness (QED) is 0.757. The van der Waals surface area contributed by atoms with Gasteiger partial charge in [-0.2, -0.15) is 18.3 Å². The Labute approximate surface area is 113 Å². The number of halogens is 4. The molecule has 0 saturated carbocycles. The molecule has 2 aromatic rings. The number of aryl methyl sites for hydroxylation is 2. The van der Waals surface area contributed by atoms with Crippen molar-refractivity contribution in [3.8, 4) is 5.69 Å². The molecule has 102 valence electrons. The molecule has 0 amide bonds. The van der Waals surface area contributed by atoms with Gasteiger partial charge in [-0.3, -0.25) is 0 Å². The van der Waals surface area contributed by atoms with Gasteiger partial charge in [0.05, 0.1) is 5.69 Å². The first-order valence-corrected chi connectivity index (χ1v) is 5.99. The summed E-state index contributed by atoms with van der Waals surface area (Å²) in [6, 6.07) is 5.47. The second-order valence-electron chi connectivity index (χ2n) is 4.46. The second-order valence-corrected chi connectivity index (χ2v) is 4.82. The summed E-state index contributed by atoms with van der Waals surface area (Å²) in [6.45, 7) is 4.98. The van der Waals surface area contributed by atoms with Crippen LogP contribution in [0.5, 0.6) is 0 Å². The Kier molecular flexibility index (Phi) is 3.34. The van der Waals surface area contributed by atoms with Crippen LogP contribution in [-0.4, -0.2) is 9.78 Å². The van der Waals surface area contributed by atoms with Crippen LogP contribution in [0.2, 0.25) is 5.15 Å². The van der Waals surface area contributed by atoms with E-state index in [2.05, 4.69) is 5.10 Å². The number of nitrogens with zero attached hydrogens (tertiary/aromatic N) is 2. The Bertz CT molecular complexity index is 630. The lowest BCUT2D eigenvalue weighted by atomic mass is 10.1. The number of hydrogen-bond donors (Lipinski definition) is 0. The van der Waals surface area contributed by atoms with Crippen LogP contribution in [0, 0.1) is 20.8 Å². The van der Waals surface area contributed by atoms with Crippen molar-refractivity contribution >= 4 is 11.6 Å². The number of rotatable bonds is 1. The molecule has 0 unspecified atom stereocenters. The molecule has 0 N–H and O–H groups in total. The molecule has 0 aliphatic heterocycles. The van der Waals surface area contributed by atoms with Gasteiger partial charge in [0, 0.05) is 5.56 Å². The van der Waals surface area contributed by atoms with Gasteiger partial charge in [0.2, 0.25) is 0 Å². The fourth-order valence-corrected chi connectivity index (χ4v) is 2.07. The topological polar surface area (TPSA) is 17.8 Å². The van der Waals surface area contributed by atoms with Crippen LogP contribution in [0.15, 0.2) is 18.2 Å². The minimum absolute atomic E-state index is 0.0129. The highest BCUT2D eigenvalue weighted by Gasteiger charge is 2.37. The first-order valence-electron chi connectivity index (χ1n) is 5.61. The lowest BCUT2D eigenvalue weighted by Gasteiger charge is -2.08. The van der Waals surface area contributed by atoms with E-state index < -0.39 is 11.9 Å². The highest BCUT2D eigenvalue weighted by molar-refractivity contribution is 6.30. The van der Waals surface area contributed by atoms with Gasteiger partial charge in [-0.1, -0.05) is 23.7 Å². The fourth-order valence-electron chi connectivity index (χ4n) is 1.85. The van der Waals surface area contributed by atoms with E-state index >= 15 is 0 Å². The minimum atomic E-state index is -4.50. The van der Waals surface area contributed by atoms with E-state index in [1.54, 1.807) is 13.0 Å². The molecular formula is C13H12ClF3N2. The average molecular weight is 289 g/mol. The van der Waals surface area contributed by atoms with Gasteiger partial charge < -0.3 is 0 Å². The third kappa shape index (κ3) is 2.47. The summed E-state index contributed by atoms with van der Waals surface area (Å²) in [5, 5.41) is 3.60. The molecule has 0 bridgehead atoms. The lowest BCUT2D eigenvalue weighted by molar-refractivity contribution is -0.141. The summed E-state index contributed by atoms with van der Waals surface area (Å²) in [5.74, 6) is 0. The van der Waals surface area contributed by atoms with Crippen molar-refractivity contribution in [2.45, 2.75) is 26.9 Å². The van der Waals surface area contributed by atoms with Crippen molar-refractivity contribution in [2.24, 2.45) is 0 Å². The average Bonchev–Trinajstić information content (AvgIpc) is 2.59. The first-order chi connectivity index (χ1) is 8.71. The Balaban J connectivity index is 2.67. The predicted molar refractivity (Wildman–Crippen MR) is 67.8 cm³/mol. The molecule has 0 fully saturated rings. The van der Waals surface area contributed by atoms with E-state index in [4.69, 9.17) is 11.6 Å². The van der Waals surface area contributed by atoms with Crippen molar-refractivity contribution in [3.05, 3.63) is 45.7 Å². The standard InChI is InChI=1S/C13H12ClF3N2/c1-7-4-5-8(2)10(6-7)19-12(14)9(3)11(18-19)13(15,16)17/h4-6H,1-3H3. The zero-order valence-electron chi connectivity index (χ0n) is 10.6. The Hall–Kier alpha value is -1.49. The molecule has 0 aliphatic carbocycles. The molecule has 6 heteroatoms. The summed E-state index contributed by atoms with van der Waals surface area (Å²) in [5.41, 5.74) is 1.29. The second kappa shape index (κ2) is 4.56. The Morgan fingerprint density at radius 2 is 1.79 bits per heavy atom. The van der Waals surface area contributed by atoms with Crippen LogP contribution < -0.4 is 0 Å². The van der Waals surface area contributed by atoms with Crippen LogP contribution >= 0.6 is 11.6 Å². The maximum atomic E-state index is 12.8. The van der Waals surface area contributed by atoms with Gasteiger partial charge in [0.15, 0.2) is 5.69 Å². The first kappa shape index (κ1) is 13.9. The molecular weight excluding hydrogens is 277 g/mol. The van der Waals surface area contributed by atoms with Gasteiger partial charge >= 0.3 is 6.18 Å². The molecule has 2 rings (SSSR count). The van der Waals surface area contributed by atoms with E-state index in [9.17, 15) is 13.2 Å². The molecule has 19 heavy (non-hydrogen) atoms.